The van der Waals surface area contributed by atoms with Crippen LogP contribution in [-0.4, -0.2) is 28.1 Å². The highest BCUT2D eigenvalue weighted by Gasteiger charge is 2.33. The summed E-state index contributed by atoms with van der Waals surface area (Å²) in [7, 11) is 0. The minimum Gasteiger partial charge on any atom is -0.354 e. The smallest absolute Gasteiger partial charge is 0.271 e. The van der Waals surface area contributed by atoms with Crippen molar-refractivity contribution in [1.29, 1.82) is 0 Å². The first kappa shape index (κ1) is 16.4. The number of amides is 1. The van der Waals surface area contributed by atoms with Crippen LogP contribution in [0, 0.1) is 19.7 Å². The Morgan fingerprint density at radius 3 is 2.46 bits per heavy atom. The molecule has 1 aromatic carbocycles. The van der Waals surface area contributed by atoms with Crippen molar-refractivity contribution >= 4 is 11.7 Å². The fraction of sp³-hybridized carbons (Fsp3) is 0.368. The van der Waals surface area contributed by atoms with E-state index in [0.717, 1.165) is 24.1 Å². The number of halogens is 1. The lowest BCUT2D eigenvalue weighted by Crippen LogP contribution is -2.31. The summed E-state index contributed by atoms with van der Waals surface area (Å²) < 4.78 is 13.2. The number of H-pyrrole nitrogens is 1. The summed E-state index contributed by atoms with van der Waals surface area (Å²) in [5.74, 6) is -0.428. The molecule has 3 rings (SSSR count). The molecule has 0 radical (unpaired) electrons. The average molecular weight is 328 g/mol. The van der Waals surface area contributed by atoms with E-state index in [2.05, 4.69) is 4.98 Å². The summed E-state index contributed by atoms with van der Waals surface area (Å²) in [6.45, 7) is 5.78. The molecular weight excluding hydrogens is 307 g/mol. The van der Waals surface area contributed by atoms with Crippen LogP contribution in [0.1, 0.15) is 63.5 Å². The molecule has 4 nitrogen and oxygen atoms in total. The van der Waals surface area contributed by atoms with Crippen molar-refractivity contribution in [3.63, 3.8) is 0 Å². The number of hydrogen-bond donors (Lipinski definition) is 1. The number of aromatic amines is 1. The molecule has 0 spiro atoms. The van der Waals surface area contributed by atoms with Crippen LogP contribution in [0.15, 0.2) is 24.3 Å². The molecule has 24 heavy (non-hydrogen) atoms. The van der Waals surface area contributed by atoms with Crippen molar-refractivity contribution in [2.24, 2.45) is 0 Å². The van der Waals surface area contributed by atoms with Crippen molar-refractivity contribution in [3.8, 4) is 0 Å². The Labute approximate surface area is 140 Å². The molecule has 1 saturated heterocycles. The average Bonchev–Trinajstić information content (AvgIpc) is 3.12. The zero-order valence-corrected chi connectivity index (χ0v) is 14.1. The first-order valence-corrected chi connectivity index (χ1v) is 8.16. The summed E-state index contributed by atoms with van der Waals surface area (Å²) in [6.07, 6.45) is 1.77. The fourth-order valence-corrected chi connectivity index (χ4v) is 3.68. The van der Waals surface area contributed by atoms with Crippen LogP contribution in [0.2, 0.25) is 0 Å². The number of carbonyl (C=O) groups is 2. The van der Waals surface area contributed by atoms with Crippen molar-refractivity contribution in [1.82, 2.24) is 9.88 Å². The van der Waals surface area contributed by atoms with Gasteiger partial charge in [-0.15, -0.1) is 0 Å². The first-order chi connectivity index (χ1) is 11.4. The van der Waals surface area contributed by atoms with Crippen molar-refractivity contribution in [2.45, 2.75) is 39.7 Å². The number of rotatable bonds is 3. The molecule has 1 aliphatic rings. The lowest BCUT2D eigenvalue weighted by atomic mass is 10.0. The van der Waals surface area contributed by atoms with E-state index in [9.17, 15) is 14.0 Å². The Morgan fingerprint density at radius 1 is 1.21 bits per heavy atom. The van der Waals surface area contributed by atoms with Gasteiger partial charge in [-0.1, -0.05) is 12.1 Å². The zero-order valence-electron chi connectivity index (χ0n) is 14.1. The Kier molecular flexibility index (Phi) is 4.26. The van der Waals surface area contributed by atoms with Gasteiger partial charge in [0.1, 0.15) is 11.5 Å². The second kappa shape index (κ2) is 6.23. The lowest BCUT2D eigenvalue weighted by Gasteiger charge is -2.25. The third-order valence-corrected chi connectivity index (χ3v) is 4.77. The summed E-state index contributed by atoms with van der Waals surface area (Å²) in [5.41, 5.74) is 3.44. The molecular formula is C19H21FN2O2. The van der Waals surface area contributed by atoms with Gasteiger partial charge in [-0.2, -0.15) is 0 Å². The fourth-order valence-electron chi connectivity index (χ4n) is 3.68. The molecule has 1 atom stereocenters. The third kappa shape index (κ3) is 2.75. The quantitative estimate of drug-likeness (QED) is 0.867. The molecule has 1 amide bonds. The van der Waals surface area contributed by atoms with Gasteiger partial charge in [0, 0.05) is 17.8 Å². The number of Topliss-reactive ketones (excluding diaryl/α,β-unsaturated/α-hetero) is 1. The number of carbonyl (C=O) groups excluding carboxylic acids is 2. The van der Waals surface area contributed by atoms with Crippen LogP contribution in [0.25, 0.3) is 0 Å². The maximum Gasteiger partial charge on any atom is 0.271 e. The maximum atomic E-state index is 13.2. The van der Waals surface area contributed by atoms with Gasteiger partial charge in [0.05, 0.1) is 6.04 Å². The highest BCUT2D eigenvalue weighted by atomic mass is 19.1. The van der Waals surface area contributed by atoms with Gasteiger partial charge in [0.2, 0.25) is 0 Å². The molecule has 2 heterocycles. The topological polar surface area (TPSA) is 53.2 Å². The Bertz CT molecular complexity index is 792. The lowest BCUT2D eigenvalue weighted by molar-refractivity contribution is 0.0729. The number of nitrogens with one attached hydrogen (secondary N) is 1. The van der Waals surface area contributed by atoms with Gasteiger partial charge in [0.15, 0.2) is 5.78 Å². The number of benzene rings is 1. The van der Waals surface area contributed by atoms with Gasteiger partial charge < -0.3 is 9.88 Å². The summed E-state index contributed by atoms with van der Waals surface area (Å²) in [4.78, 5) is 29.7. The van der Waals surface area contributed by atoms with Crippen LogP contribution < -0.4 is 0 Å². The van der Waals surface area contributed by atoms with E-state index in [4.69, 9.17) is 0 Å². The van der Waals surface area contributed by atoms with E-state index in [0.29, 0.717) is 23.4 Å². The van der Waals surface area contributed by atoms with E-state index in [1.807, 2.05) is 11.8 Å². The minimum absolute atomic E-state index is 0.0446. The second-order valence-corrected chi connectivity index (χ2v) is 6.39. The van der Waals surface area contributed by atoms with E-state index in [1.165, 1.54) is 19.1 Å². The number of aryl methyl sites for hydroxylation is 1. The zero-order chi connectivity index (χ0) is 17.4. The van der Waals surface area contributed by atoms with Crippen LogP contribution in [0.3, 0.4) is 0 Å². The van der Waals surface area contributed by atoms with E-state index in [-0.39, 0.29) is 23.5 Å². The molecule has 0 bridgehead atoms. The number of aromatic nitrogens is 1. The molecule has 1 fully saturated rings. The van der Waals surface area contributed by atoms with Crippen LogP contribution in [0.4, 0.5) is 4.39 Å². The summed E-state index contributed by atoms with van der Waals surface area (Å²) in [6, 6.07) is 6.27. The number of likely N-dealkylation sites (tertiary alicyclic amines) is 1. The summed E-state index contributed by atoms with van der Waals surface area (Å²) >= 11 is 0. The van der Waals surface area contributed by atoms with Gasteiger partial charge in [-0.05, 0) is 56.9 Å². The molecule has 2 aromatic rings. The molecule has 0 aliphatic carbocycles. The van der Waals surface area contributed by atoms with Crippen molar-refractivity contribution < 1.29 is 14.0 Å². The van der Waals surface area contributed by atoms with Crippen LogP contribution >= 0.6 is 0 Å². The molecule has 1 N–H and O–H groups in total. The highest BCUT2D eigenvalue weighted by Crippen LogP contribution is 2.34. The minimum atomic E-state index is -0.281. The van der Waals surface area contributed by atoms with Crippen LogP contribution in [0.5, 0.6) is 0 Å². The molecule has 1 unspecified atom stereocenters. The number of hydrogen-bond acceptors (Lipinski definition) is 2. The van der Waals surface area contributed by atoms with Gasteiger partial charge >= 0.3 is 0 Å². The van der Waals surface area contributed by atoms with Gasteiger partial charge in [0.25, 0.3) is 5.91 Å². The van der Waals surface area contributed by atoms with Gasteiger partial charge in [-0.3, -0.25) is 9.59 Å². The maximum absolute atomic E-state index is 13.2. The largest absolute Gasteiger partial charge is 0.354 e. The Balaban J connectivity index is 1.93. The molecule has 5 heteroatoms. The molecule has 1 aromatic heterocycles. The summed E-state index contributed by atoms with van der Waals surface area (Å²) in [5, 5.41) is 0. The van der Waals surface area contributed by atoms with Gasteiger partial charge in [-0.25, -0.2) is 4.39 Å². The van der Waals surface area contributed by atoms with E-state index >= 15 is 0 Å². The SMILES string of the molecule is CC(=O)c1c(C)[nH]c(C(=O)N2CCCC2c2ccc(F)cc2)c1C. The third-order valence-electron chi connectivity index (χ3n) is 4.77. The Morgan fingerprint density at radius 2 is 1.88 bits per heavy atom. The monoisotopic (exact) mass is 328 g/mol. The molecule has 126 valence electrons. The number of ketones is 1. The molecule has 0 saturated carbocycles. The highest BCUT2D eigenvalue weighted by molar-refractivity contribution is 6.02. The van der Waals surface area contributed by atoms with E-state index < -0.39 is 0 Å². The molecule has 1 aliphatic heterocycles. The van der Waals surface area contributed by atoms with Crippen molar-refractivity contribution in [3.05, 3.63) is 58.2 Å². The standard InChI is InChI=1S/C19H21FN2O2/c1-11-17(13(3)23)12(2)21-18(11)19(24)22-10-4-5-16(22)14-6-8-15(20)9-7-14/h6-9,16,21H,4-5,10H2,1-3H3. The predicted molar refractivity (Wildman–Crippen MR) is 89.7 cm³/mol. The predicted octanol–water partition coefficient (Wildman–Crippen LogP) is 3.95. The van der Waals surface area contributed by atoms with E-state index in [1.54, 1.807) is 19.1 Å². The normalized spacial score (nSPS) is 17.3. The second-order valence-electron chi connectivity index (χ2n) is 6.39. The first-order valence-electron chi connectivity index (χ1n) is 8.16. The van der Waals surface area contributed by atoms with Crippen LogP contribution in [-0.2, 0) is 0 Å². The Hall–Kier alpha value is -2.43. The van der Waals surface area contributed by atoms with Crippen molar-refractivity contribution in [2.75, 3.05) is 6.54 Å². The number of nitrogens with zero attached hydrogens (tertiary/aromatic N) is 1.